The SMILES string of the molecule is CC/C=C\C/C=C\C/C=C\C/C=C\C/C=C\C/C=C\C/C=C\C/C=C\C/C=C\CCCCCC(=O)OCC(COC(=O)CCCCCCCCCCCCCC)OC(=O)CCCCCCCCCCCCCCCCCCCCCCCC. The summed E-state index contributed by atoms with van der Waals surface area (Å²) in [5, 5.41) is 0. The molecular weight excluding hydrogens is 1020 g/mol. The zero-order valence-corrected chi connectivity index (χ0v) is 54.7. The van der Waals surface area contributed by atoms with Gasteiger partial charge < -0.3 is 14.2 Å². The molecule has 6 nitrogen and oxygen atoms in total. The first-order valence-electron chi connectivity index (χ1n) is 35.4. The van der Waals surface area contributed by atoms with Gasteiger partial charge in [0.25, 0.3) is 0 Å². The van der Waals surface area contributed by atoms with Gasteiger partial charge in [-0.15, -0.1) is 0 Å². The lowest BCUT2D eigenvalue weighted by atomic mass is 10.0. The fourth-order valence-electron chi connectivity index (χ4n) is 10.0. The maximum atomic E-state index is 12.9. The summed E-state index contributed by atoms with van der Waals surface area (Å²) in [6, 6.07) is 0. The number of carbonyl (C=O) groups excluding carboxylic acids is 3. The van der Waals surface area contributed by atoms with Crippen molar-refractivity contribution >= 4 is 17.9 Å². The minimum Gasteiger partial charge on any atom is -0.462 e. The molecule has 1 atom stereocenters. The van der Waals surface area contributed by atoms with Gasteiger partial charge in [0.1, 0.15) is 13.2 Å². The molecule has 0 saturated heterocycles. The normalized spacial score (nSPS) is 12.8. The highest BCUT2D eigenvalue weighted by atomic mass is 16.6. The van der Waals surface area contributed by atoms with Crippen LogP contribution in [0.1, 0.15) is 342 Å². The van der Waals surface area contributed by atoms with Crippen molar-refractivity contribution in [2.45, 2.75) is 348 Å². The number of hydrogen-bond acceptors (Lipinski definition) is 6. The minimum atomic E-state index is -0.791. The highest BCUT2D eigenvalue weighted by molar-refractivity contribution is 5.71. The fourth-order valence-corrected chi connectivity index (χ4v) is 10.0. The van der Waals surface area contributed by atoms with E-state index in [0.29, 0.717) is 19.3 Å². The van der Waals surface area contributed by atoms with Crippen molar-refractivity contribution in [2.75, 3.05) is 13.2 Å². The molecule has 0 aromatic heterocycles. The molecule has 83 heavy (non-hydrogen) atoms. The Labute approximate surface area is 514 Å². The maximum absolute atomic E-state index is 12.9. The molecule has 0 spiro atoms. The Morgan fingerprint density at radius 2 is 0.470 bits per heavy atom. The third-order valence-corrected chi connectivity index (χ3v) is 15.3. The number of unbranched alkanes of at least 4 members (excludes halogenated alkanes) is 35. The second-order valence-electron chi connectivity index (χ2n) is 23.4. The van der Waals surface area contributed by atoms with E-state index in [0.717, 1.165) is 122 Å². The lowest BCUT2D eigenvalue weighted by Gasteiger charge is -2.18. The van der Waals surface area contributed by atoms with Crippen LogP contribution in [0.4, 0.5) is 0 Å². The summed E-state index contributed by atoms with van der Waals surface area (Å²) in [4.78, 5) is 38.4. The van der Waals surface area contributed by atoms with Crippen LogP contribution in [0.15, 0.2) is 109 Å². The zero-order chi connectivity index (χ0) is 59.9. The lowest BCUT2D eigenvalue weighted by molar-refractivity contribution is -0.167. The number of esters is 3. The van der Waals surface area contributed by atoms with Crippen molar-refractivity contribution in [3.05, 3.63) is 109 Å². The van der Waals surface area contributed by atoms with Crippen molar-refractivity contribution < 1.29 is 28.6 Å². The van der Waals surface area contributed by atoms with E-state index in [-0.39, 0.29) is 31.1 Å². The van der Waals surface area contributed by atoms with Gasteiger partial charge in [0, 0.05) is 19.3 Å². The number of ether oxygens (including phenoxy) is 3. The van der Waals surface area contributed by atoms with Gasteiger partial charge in [-0.2, -0.15) is 0 Å². The molecule has 0 aliphatic rings. The van der Waals surface area contributed by atoms with Gasteiger partial charge in [0.15, 0.2) is 6.10 Å². The van der Waals surface area contributed by atoms with E-state index in [1.807, 2.05) is 0 Å². The minimum absolute atomic E-state index is 0.0846. The Hall–Kier alpha value is -3.93. The van der Waals surface area contributed by atoms with Gasteiger partial charge in [-0.05, 0) is 89.9 Å². The summed E-state index contributed by atoms with van der Waals surface area (Å²) >= 11 is 0. The van der Waals surface area contributed by atoms with Gasteiger partial charge in [-0.1, -0.05) is 342 Å². The highest BCUT2D eigenvalue weighted by Gasteiger charge is 2.19. The molecule has 0 bridgehead atoms. The van der Waals surface area contributed by atoms with Gasteiger partial charge in [-0.3, -0.25) is 14.4 Å². The maximum Gasteiger partial charge on any atom is 0.306 e. The van der Waals surface area contributed by atoms with Gasteiger partial charge in [0.2, 0.25) is 0 Å². The van der Waals surface area contributed by atoms with Crippen molar-refractivity contribution in [3.8, 4) is 0 Å². The van der Waals surface area contributed by atoms with Crippen LogP contribution in [-0.4, -0.2) is 37.2 Å². The first kappa shape index (κ1) is 79.1. The van der Waals surface area contributed by atoms with Crippen LogP contribution >= 0.6 is 0 Å². The predicted molar refractivity (Wildman–Crippen MR) is 362 cm³/mol. The molecule has 0 fully saturated rings. The molecule has 1 unspecified atom stereocenters. The summed E-state index contributed by atoms with van der Waals surface area (Å²) in [5.41, 5.74) is 0. The average molecular weight is 1150 g/mol. The molecule has 6 heteroatoms. The topological polar surface area (TPSA) is 78.9 Å². The van der Waals surface area contributed by atoms with E-state index in [4.69, 9.17) is 14.2 Å². The Bertz CT molecular complexity index is 1660. The highest BCUT2D eigenvalue weighted by Crippen LogP contribution is 2.17. The van der Waals surface area contributed by atoms with Crippen molar-refractivity contribution in [1.82, 2.24) is 0 Å². The molecule has 0 N–H and O–H groups in total. The van der Waals surface area contributed by atoms with E-state index in [9.17, 15) is 14.4 Å². The Morgan fingerprint density at radius 1 is 0.253 bits per heavy atom. The molecular formula is C77H132O6. The number of rotatable bonds is 64. The predicted octanol–water partition coefficient (Wildman–Crippen LogP) is 24.6. The summed E-state index contributed by atoms with van der Waals surface area (Å²) in [7, 11) is 0. The van der Waals surface area contributed by atoms with Gasteiger partial charge in [0.05, 0.1) is 0 Å². The molecule has 0 saturated carbocycles. The van der Waals surface area contributed by atoms with E-state index in [1.54, 1.807) is 0 Å². The first-order valence-corrected chi connectivity index (χ1v) is 35.4. The number of hydrogen-bond donors (Lipinski definition) is 0. The van der Waals surface area contributed by atoms with Crippen LogP contribution in [0.2, 0.25) is 0 Å². The molecule has 0 amide bonds. The van der Waals surface area contributed by atoms with Crippen LogP contribution in [0.25, 0.3) is 0 Å². The third kappa shape index (κ3) is 68.7. The van der Waals surface area contributed by atoms with Crippen molar-refractivity contribution in [2.24, 2.45) is 0 Å². The second kappa shape index (κ2) is 70.6. The van der Waals surface area contributed by atoms with E-state index in [2.05, 4.69) is 130 Å². The summed E-state index contributed by atoms with van der Waals surface area (Å²) in [6.45, 7) is 6.54. The molecule has 0 radical (unpaired) electrons. The summed E-state index contributed by atoms with van der Waals surface area (Å²) < 4.78 is 16.9. The fraction of sp³-hybridized carbons (Fsp3) is 0.727. The van der Waals surface area contributed by atoms with Crippen molar-refractivity contribution in [3.63, 3.8) is 0 Å². The summed E-state index contributed by atoms with van der Waals surface area (Å²) in [6.07, 6.45) is 96.9. The van der Waals surface area contributed by atoms with E-state index in [1.165, 1.54) is 180 Å². The quantitative estimate of drug-likeness (QED) is 0.0261. The molecule has 0 rings (SSSR count). The van der Waals surface area contributed by atoms with Crippen LogP contribution in [-0.2, 0) is 28.6 Å². The van der Waals surface area contributed by atoms with E-state index >= 15 is 0 Å². The lowest BCUT2D eigenvalue weighted by Crippen LogP contribution is -2.30. The number of carbonyl (C=O) groups is 3. The Balaban J connectivity index is 4.33. The van der Waals surface area contributed by atoms with Crippen LogP contribution in [0, 0.1) is 0 Å². The van der Waals surface area contributed by atoms with Crippen molar-refractivity contribution in [1.29, 1.82) is 0 Å². The Kier molecular flexibility index (Phi) is 67.2. The molecule has 0 aromatic rings. The van der Waals surface area contributed by atoms with Gasteiger partial charge >= 0.3 is 17.9 Å². The van der Waals surface area contributed by atoms with E-state index < -0.39 is 6.10 Å². The van der Waals surface area contributed by atoms with Gasteiger partial charge in [-0.25, -0.2) is 0 Å². The second-order valence-corrected chi connectivity index (χ2v) is 23.4. The van der Waals surface area contributed by atoms with Crippen LogP contribution in [0.3, 0.4) is 0 Å². The first-order chi connectivity index (χ1) is 41.0. The molecule has 0 heterocycles. The standard InChI is InChI=1S/C77H132O6/c1-4-7-10-13-16-19-22-25-27-29-31-33-35-36-37-38-39-40-41-42-43-45-46-48-50-52-55-58-61-64-67-70-76(79)82-73-74(72-81-75(78)69-66-63-60-57-54-24-21-18-15-12-9-6-3)83-77(80)71-68-65-62-59-56-53-51-49-47-44-34-32-30-28-26-23-20-17-14-11-8-5-2/h7,10,16,19,25,27,31,33,36-37,39-40,42-43,46,48,52,55,74H,4-6,8-9,11-15,17-18,20-24,26,28-30,32,34-35,38,41,44-45,47,49-51,53-54,56-73H2,1-3H3/b10-7-,19-16-,27-25-,33-31-,37-36-,40-39-,43-42-,48-46-,55-52-. The Morgan fingerprint density at radius 3 is 0.735 bits per heavy atom. The third-order valence-electron chi connectivity index (χ3n) is 15.3. The number of allylic oxidation sites excluding steroid dienone is 18. The smallest absolute Gasteiger partial charge is 0.306 e. The molecule has 0 aromatic carbocycles. The molecule has 0 aliphatic carbocycles. The van der Waals surface area contributed by atoms with Crippen LogP contribution < -0.4 is 0 Å². The summed E-state index contributed by atoms with van der Waals surface area (Å²) in [5.74, 6) is -0.903. The average Bonchev–Trinajstić information content (AvgIpc) is 3.49. The largest absolute Gasteiger partial charge is 0.462 e. The van der Waals surface area contributed by atoms with Crippen LogP contribution in [0.5, 0.6) is 0 Å². The molecule has 476 valence electrons. The monoisotopic (exact) mass is 1150 g/mol. The zero-order valence-electron chi connectivity index (χ0n) is 54.7. The molecule has 0 aliphatic heterocycles.